The lowest BCUT2D eigenvalue weighted by Gasteiger charge is -2.50. The van der Waals surface area contributed by atoms with Crippen LogP contribution in [-0.2, 0) is 14.8 Å². The van der Waals surface area contributed by atoms with Gasteiger partial charge in [0.05, 0.1) is 12.4 Å². The fourth-order valence-corrected chi connectivity index (χ4v) is 4.33. The first-order valence-corrected chi connectivity index (χ1v) is 9.19. The van der Waals surface area contributed by atoms with Crippen LogP contribution in [0.15, 0.2) is 0 Å². The minimum absolute atomic E-state index is 0.0403. The van der Waals surface area contributed by atoms with E-state index in [4.69, 9.17) is 10.5 Å². The molecule has 2 rings (SSSR count). The van der Waals surface area contributed by atoms with Crippen molar-refractivity contribution in [1.82, 2.24) is 9.21 Å². The van der Waals surface area contributed by atoms with Gasteiger partial charge in [-0.15, -0.1) is 0 Å². The molecular formula is C13H27N3O3S. The highest BCUT2D eigenvalue weighted by Gasteiger charge is 2.41. The number of ether oxygens (including phenoxy) is 1. The number of rotatable bonds is 4. The molecule has 7 heteroatoms. The van der Waals surface area contributed by atoms with Crippen molar-refractivity contribution >= 4 is 10.0 Å². The lowest BCUT2D eigenvalue weighted by atomic mass is 9.78. The summed E-state index contributed by atoms with van der Waals surface area (Å²) in [6.07, 6.45) is 5.80. The van der Waals surface area contributed by atoms with Crippen molar-refractivity contribution in [3.63, 3.8) is 0 Å². The Morgan fingerprint density at radius 3 is 2.15 bits per heavy atom. The molecule has 2 N–H and O–H groups in total. The average Bonchev–Trinajstić information content (AvgIpc) is 2.46. The van der Waals surface area contributed by atoms with E-state index < -0.39 is 10.0 Å². The van der Waals surface area contributed by atoms with Gasteiger partial charge in [0.25, 0.3) is 0 Å². The van der Waals surface area contributed by atoms with E-state index in [1.54, 1.807) is 11.4 Å². The van der Waals surface area contributed by atoms with Crippen LogP contribution in [-0.4, -0.2) is 75.4 Å². The minimum Gasteiger partial charge on any atom is -0.381 e. The van der Waals surface area contributed by atoms with Crippen LogP contribution in [0.1, 0.15) is 25.7 Å². The van der Waals surface area contributed by atoms with Crippen molar-refractivity contribution in [1.29, 1.82) is 0 Å². The largest absolute Gasteiger partial charge is 0.381 e. The maximum absolute atomic E-state index is 11.6. The molecule has 1 saturated carbocycles. The lowest BCUT2D eigenvalue weighted by Crippen LogP contribution is -2.62. The Labute approximate surface area is 122 Å². The molecule has 2 aliphatic rings. The van der Waals surface area contributed by atoms with Crippen LogP contribution >= 0.6 is 0 Å². The second-order valence-corrected chi connectivity index (χ2v) is 8.00. The molecule has 0 spiro atoms. The fourth-order valence-electron chi connectivity index (χ4n) is 3.51. The molecule has 2 fully saturated rings. The van der Waals surface area contributed by atoms with Gasteiger partial charge in [-0.1, -0.05) is 0 Å². The number of nitrogens with two attached hydrogens (primary N) is 1. The van der Waals surface area contributed by atoms with E-state index in [-0.39, 0.29) is 5.54 Å². The third-order valence-electron chi connectivity index (χ3n) is 4.96. The highest BCUT2D eigenvalue weighted by Crippen LogP contribution is 2.34. The summed E-state index contributed by atoms with van der Waals surface area (Å²) >= 11 is 0. The first-order valence-electron chi connectivity index (χ1n) is 7.34. The second kappa shape index (κ2) is 6.27. The monoisotopic (exact) mass is 305 g/mol. The van der Waals surface area contributed by atoms with Crippen molar-refractivity contribution in [2.75, 3.05) is 46.1 Å². The predicted molar refractivity (Wildman–Crippen MR) is 79.0 cm³/mol. The molecule has 0 unspecified atom stereocenters. The quantitative estimate of drug-likeness (QED) is 0.782. The van der Waals surface area contributed by atoms with E-state index in [0.717, 1.165) is 38.8 Å². The molecule has 0 aromatic heterocycles. The molecule has 0 aromatic rings. The van der Waals surface area contributed by atoms with Gasteiger partial charge in [-0.2, -0.15) is 4.31 Å². The molecule has 118 valence electrons. The maximum atomic E-state index is 11.6. The van der Waals surface area contributed by atoms with Crippen LogP contribution in [0, 0.1) is 0 Å². The molecule has 0 atom stereocenters. The molecular weight excluding hydrogens is 278 g/mol. The molecule has 20 heavy (non-hydrogen) atoms. The Kier molecular flexibility index (Phi) is 5.07. The Morgan fingerprint density at radius 1 is 1.20 bits per heavy atom. The highest BCUT2D eigenvalue weighted by atomic mass is 32.2. The summed E-state index contributed by atoms with van der Waals surface area (Å²) in [6, 6.07) is 0. The summed E-state index contributed by atoms with van der Waals surface area (Å²) < 4.78 is 30.1. The Balaban J connectivity index is 1.97. The number of nitrogens with zero attached hydrogens (tertiary/aromatic N) is 2. The van der Waals surface area contributed by atoms with E-state index in [1.165, 1.54) is 6.26 Å². The van der Waals surface area contributed by atoms with E-state index in [1.807, 2.05) is 0 Å². The molecule has 0 radical (unpaired) electrons. The smallest absolute Gasteiger partial charge is 0.211 e. The Bertz CT molecular complexity index is 411. The van der Waals surface area contributed by atoms with Crippen LogP contribution in [0.3, 0.4) is 0 Å². The van der Waals surface area contributed by atoms with Crippen molar-refractivity contribution in [3.8, 4) is 0 Å². The van der Waals surface area contributed by atoms with Gasteiger partial charge < -0.3 is 10.5 Å². The maximum Gasteiger partial charge on any atom is 0.211 e. The highest BCUT2D eigenvalue weighted by molar-refractivity contribution is 7.88. The summed E-state index contributed by atoms with van der Waals surface area (Å²) in [5.41, 5.74) is 6.10. The van der Waals surface area contributed by atoms with Gasteiger partial charge in [-0.3, -0.25) is 4.90 Å². The molecule has 6 nitrogen and oxygen atoms in total. The number of piperazine rings is 1. The first kappa shape index (κ1) is 16.2. The zero-order chi connectivity index (χ0) is 14.8. The third-order valence-corrected chi connectivity index (χ3v) is 6.26. The van der Waals surface area contributed by atoms with Crippen LogP contribution < -0.4 is 5.73 Å². The van der Waals surface area contributed by atoms with Crippen LogP contribution in [0.5, 0.6) is 0 Å². The van der Waals surface area contributed by atoms with Crippen molar-refractivity contribution in [2.45, 2.75) is 37.3 Å². The summed E-state index contributed by atoms with van der Waals surface area (Å²) in [6.45, 7) is 3.36. The summed E-state index contributed by atoms with van der Waals surface area (Å²) in [5, 5.41) is 0. The van der Waals surface area contributed by atoms with Gasteiger partial charge in [-0.05, 0) is 25.7 Å². The van der Waals surface area contributed by atoms with Gasteiger partial charge >= 0.3 is 0 Å². The molecule has 1 aliphatic carbocycles. The predicted octanol–water partition coefficient (Wildman–Crippen LogP) is -0.150. The summed E-state index contributed by atoms with van der Waals surface area (Å²) in [4.78, 5) is 2.40. The van der Waals surface area contributed by atoms with Crippen LogP contribution in [0.25, 0.3) is 0 Å². The minimum atomic E-state index is -3.06. The van der Waals surface area contributed by atoms with E-state index >= 15 is 0 Å². The topological polar surface area (TPSA) is 75.9 Å². The summed E-state index contributed by atoms with van der Waals surface area (Å²) in [7, 11) is -1.30. The lowest BCUT2D eigenvalue weighted by molar-refractivity contribution is -0.0181. The van der Waals surface area contributed by atoms with Gasteiger partial charge in [0.15, 0.2) is 0 Å². The van der Waals surface area contributed by atoms with E-state index in [2.05, 4.69) is 4.90 Å². The van der Waals surface area contributed by atoms with E-state index in [9.17, 15) is 8.42 Å². The first-order chi connectivity index (χ1) is 9.41. The number of hydrogen-bond acceptors (Lipinski definition) is 5. The molecule has 1 heterocycles. The molecule has 0 amide bonds. The molecule has 1 aliphatic heterocycles. The second-order valence-electron chi connectivity index (χ2n) is 6.01. The van der Waals surface area contributed by atoms with Crippen LogP contribution in [0.4, 0.5) is 0 Å². The normalized spacial score (nSPS) is 34.2. The number of sulfonamides is 1. The molecule has 0 bridgehead atoms. The summed E-state index contributed by atoms with van der Waals surface area (Å²) in [5.74, 6) is 0. The Morgan fingerprint density at radius 2 is 1.75 bits per heavy atom. The van der Waals surface area contributed by atoms with Crippen LogP contribution in [0.2, 0.25) is 0 Å². The Hall–Kier alpha value is -0.210. The SMILES string of the molecule is COC1CCC(CN)(N2CCN(S(C)(=O)=O)CC2)CC1. The van der Waals surface area contributed by atoms with Crippen molar-refractivity contribution < 1.29 is 13.2 Å². The number of methoxy groups -OCH3 is 1. The third kappa shape index (κ3) is 3.33. The zero-order valence-electron chi connectivity index (χ0n) is 12.5. The van der Waals surface area contributed by atoms with Crippen molar-refractivity contribution in [3.05, 3.63) is 0 Å². The zero-order valence-corrected chi connectivity index (χ0v) is 13.4. The molecule has 0 aromatic carbocycles. The van der Waals surface area contributed by atoms with Crippen molar-refractivity contribution in [2.24, 2.45) is 5.73 Å². The number of hydrogen-bond donors (Lipinski definition) is 1. The fraction of sp³-hybridized carbons (Fsp3) is 1.00. The standard InChI is InChI=1S/C13H27N3O3S/c1-19-12-3-5-13(11-14,6-4-12)15-7-9-16(10-8-15)20(2,17)18/h12H,3-11,14H2,1-2H3. The van der Waals surface area contributed by atoms with Gasteiger partial charge in [0, 0.05) is 45.4 Å². The van der Waals surface area contributed by atoms with E-state index in [0.29, 0.717) is 25.7 Å². The molecule has 1 saturated heterocycles. The van der Waals surface area contributed by atoms with Gasteiger partial charge in [0.2, 0.25) is 10.0 Å². The average molecular weight is 305 g/mol. The van der Waals surface area contributed by atoms with Gasteiger partial charge in [-0.25, -0.2) is 8.42 Å². The van der Waals surface area contributed by atoms with Gasteiger partial charge in [0.1, 0.15) is 0 Å².